The number of hydrogen-bond donors (Lipinski definition) is 1. The molecule has 1 aromatic rings. The van der Waals surface area contributed by atoms with Gasteiger partial charge < -0.3 is 5.11 Å². The Morgan fingerprint density at radius 2 is 2.60 bits per heavy atom. The van der Waals surface area contributed by atoms with Crippen molar-refractivity contribution in [1.82, 2.24) is 4.37 Å². The van der Waals surface area contributed by atoms with Crippen molar-refractivity contribution in [3.63, 3.8) is 0 Å². The Bertz CT molecular complexity index is 244. The molecule has 0 saturated carbocycles. The summed E-state index contributed by atoms with van der Waals surface area (Å²) in [6.07, 6.45) is 2.14. The molecule has 0 atom stereocenters. The Balaban J connectivity index is 3.01. The molecule has 1 N–H and O–H groups in total. The van der Waals surface area contributed by atoms with Gasteiger partial charge >= 0.3 is 5.97 Å². The Morgan fingerprint density at radius 1 is 1.90 bits per heavy atom. The minimum atomic E-state index is -0.884. The lowest BCUT2D eigenvalue weighted by molar-refractivity contribution is 0.0696. The van der Waals surface area contributed by atoms with Crippen LogP contribution in [0.25, 0.3) is 0 Å². The zero-order valence-electron chi connectivity index (χ0n) is 5.50. The van der Waals surface area contributed by atoms with E-state index in [1.165, 1.54) is 17.7 Å². The molecule has 0 aliphatic carbocycles. The van der Waals surface area contributed by atoms with Crippen molar-refractivity contribution in [2.45, 2.75) is 13.3 Å². The number of nitrogens with zero attached hydrogens (tertiary/aromatic N) is 1. The summed E-state index contributed by atoms with van der Waals surface area (Å²) < 4.78 is 3.78. The van der Waals surface area contributed by atoms with E-state index in [2.05, 4.69) is 4.37 Å². The van der Waals surface area contributed by atoms with Gasteiger partial charge in [-0.15, -0.1) is 0 Å². The summed E-state index contributed by atoms with van der Waals surface area (Å²) >= 11 is 1.25. The van der Waals surface area contributed by atoms with Crippen LogP contribution in [0.5, 0.6) is 0 Å². The predicted molar refractivity (Wildman–Crippen MR) is 38.5 cm³/mol. The van der Waals surface area contributed by atoms with Crippen molar-refractivity contribution in [3.8, 4) is 0 Å². The zero-order chi connectivity index (χ0) is 7.56. The van der Waals surface area contributed by atoms with Gasteiger partial charge in [0.25, 0.3) is 0 Å². The lowest BCUT2D eigenvalue weighted by Gasteiger charge is -1.89. The second-order valence-electron chi connectivity index (χ2n) is 1.82. The number of carbonyl (C=O) groups is 1. The van der Waals surface area contributed by atoms with E-state index in [0.717, 1.165) is 11.3 Å². The molecule has 1 heterocycles. The molecule has 0 unspecified atom stereocenters. The first-order valence-corrected chi connectivity index (χ1v) is 3.70. The third kappa shape index (κ3) is 1.16. The van der Waals surface area contributed by atoms with Gasteiger partial charge in [-0.3, -0.25) is 0 Å². The highest BCUT2D eigenvalue weighted by molar-refractivity contribution is 7.06. The number of carboxylic acid groups (broad SMARTS) is 1. The van der Waals surface area contributed by atoms with E-state index in [-0.39, 0.29) is 0 Å². The van der Waals surface area contributed by atoms with Gasteiger partial charge in [0.2, 0.25) is 0 Å². The Morgan fingerprint density at radius 3 is 3.00 bits per heavy atom. The van der Waals surface area contributed by atoms with Gasteiger partial charge in [0, 0.05) is 4.88 Å². The first kappa shape index (κ1) is 7.21. The van der Waals surface area contributed by atoms with Gasteiger partial charge in [-0.05, 0) is 18.0 Å². The Labute approximate surface area is 62.5 Å². The fourth-order valence-corrected chi connectivity index (χ4v) is 1.35. The predicted octanol–water partition coefficient (Wildman–Crippen LogP) is 1.40. The SMILES string of the molecule is CCc1sncc1C(=O)O. The topological polar surface area (TPSA) is 50.2 Å². The van der Waals surface area contributed by atoms with Crippen LogP contribution in [0.4, 0.5) is 0 Å². The molecule has 0 fully saturated rings. The molecular formula is C6H7NO2S. The highest BCUT2D eigenvalue weighted by Crippen LogP contribution is 2.13. The fourth-order valence-electron chi connectivity index (χ4n) is 0.693. The van der Waals surface area contributed by atoms with Crippen LogP contribution in [0.15, 0.2) is 6.20 Å². The van der Waals surface area contributed by atoms with Gasteiger partial charge in [0.15, 0.2) is 0 Å². The molecule has 10 heavy (non-hydrogen) atoms. The molecule has 0 amide bonds. The molecule has 0 aromatic carbocycles. The summed E-state index contributed by atoms with van der Waals surface area (Å²) in [5.74, 6) is -0.884. The quantitative estimate of drug-likeness (QED) is 0.706. The number of aromatic nitrogens is 1. The molecular weight excluding hydrogens is 150 g/mol. The monoisotopic (exact) mass is 157 g/mol. The second-order valence-corrected chi connectivity index (χ2v) is 2.71. The maximum atomic E-state index is 10.4. The molecule has 4 heteroatoms. The number of carboxylic acids is 1. The number of rotatable bonds is 2. The Kier molecular flexibility index (Phi) is 2.01. The van der Waals surface area contributed by atoms with Crippen molar-refractivity contribution >= 4 is 17.5 Å². The van der Waals surface area contributed by atoms with Crippen LogP contribution in [-0.2, 0) is 6.42 Å². The summed E-state index contributed by atoms with van der Waals surface area (Å²) in [4.78, 5) is 11.2. The van der Waals surface area contributed by atoms with Crippen molar-refractivity contribution < 1.29 is 9.90 Å². The Hall–Kier alpha value is -0.900. The van der Waals surface area contributed by atoms with Crippen LogP contribution in [0.1, 0.15) is 22.2 Å². The summed E-state index contributed by atoms with van der Waals surface area (Å²) in [6.45, 7) is 1.92. The van der Waals surface area contributed by atoms with E-state index in [9.17, 15) is 4.79 Å². The average Bonchev–Trinajstić information content (AvgIpc) is 2.33. The van der Waals surface area contributed by atoms with Crippen LogP contribution >= 0.6 is 11.5 Å². The molecule has 0 saturated heterocycles. The first-order valence-electron chi connectivity index (χ1n) is 2.92. The minimum Gasteiger partial charge on any atom is -0.478 e. The van der Waals surface area contributed by atoms with Crippen LogP contribution in [-0.4, -0.2) is 15.4 Å². The lowest BCUT2D eigenvalue weighted by atomic mass is 10.2. The molecule has 0 radical (unpaired) electrons. The normalized spacial score (nSPS) is 9.70. The molecule has 1 rings (SSSR count). The maximum absolute atomic E-state index is 10.4. The third-order valence-electron chi connectivity index (χ3n) is 1.20. The van der Waals surface area contributed by atoms with Crippen molar-refractivity contribution in [2.24, 2.45) is 0 Å². The highest BCUT2D eigenvalue weighted by Gasteiger charge is 2.09. The molecule has 1 aromatic heterocycles. The fraction of sp³-hybridized carbons (Fsp3) is 0.333. The average molecular weight is 157 g/mol. The number of hydrogen-bond acceptors (Lipinski definition) is 3. The zero-order valence-corrected chi connectivity index (χ0v) is 6.31. The second kappa shape index (κ2) is 2.79. The number of aryl methyl sites for hydroxylation is 1. The van der Waals surface area contributed by atoms with E-state index in [1.807, 2.05) is 6.92 Å². The maximum Gasteiger partial charge on any atom is 0.338 e. The summed E-state index contributed by atoms with van der Waals surface area (Å²) in [7, 11) is 0. The summed E-state index contributed by atoms with van der Waals surface area (Å²) in [5.41, 5.74) is 0.340. The van der Waals surface area contributed by atoms with E-state index in [4.69, 9.17) is 5.11 Å². The molecule has 0 aliphatic heterocycles. The first-order chi connectivity index (χ1) is 4.75. The van der Waals surface area contributed by atoms with Crippen LogP contribution in [0.3, 0.4) is 0 Å². The third-order valence-corrected chi connectivity index (χ3v) is 2.14. The van der Waals surface area contributed by atoms with E-state index in [0.29, 0.717) is 5.56 Å². The molecule has 0 aliphatic rings. The van der Waals surface area contributed by atoms with E-state index < -0.39 is 5.97 Å². The minimum absolute atomic E-state index is 0.340. The summed E-state index contributed by atoms with van der Waals surface area (Å²) in [6, 6.07) is 0. The van der Waals surface area contributed by atoms with Gasteiger partial charge in [-0.2, -0.15) is 4.37 Å². The molecule has 0 spiro atoms. The molecule has 3 nitrogen and oxygen atoms in total. The van der Waals surface area contributed by atoms with Gasteiger partial charge in [-0.1, -0.05) is 6.92 Å². The van der Waals surface area contributed by atoms with Gasteiger partial charge in [-0.25, -0.2) is 4.79 Å². The largest absolute Gasteiger partial charge is 0.478 e. The van der Waals surface area contributed by atoms with Crippen LogP contribution in [0, 0.1) is 0 Å². The molecule has 54 valence electrons. The van der Waals surface area contributed by atoms with E-state index >= 15 is 0 Å². The standard InChI is InChI=1S/C6H7NO2S/c1-2-5-4(6(8)9)3-7-10-5/h3H,2H2,1H3,(H,8,9). The van der Waals surface area contributed by atoms with Gasteiger partial charge in [0.1, 0.15) is 0 Å². The van der Waals surface area contributed by atoms with E-state index in [1.54, 1.807) is 0 Å². The van der Waals surface area contributed by atoms with Crippen molar-refractivity contribution in [3.05, 3.63) is 16.6 Å². The molecule has 0 bridgehead atoms. The number of aromatic carboxylic acids is 1. The van der Waals surface area contributed by atoms with Crippen LogP contribution < -0.4 is 0 Å². The van der Waals surface area contributed by atoms with Gasteiger partial charge in [0.05, 0.1) is 11.8 Å². The van der Waals surface area contributed by atoms with Crippen molar-refractivity contribution in [2.75, 3.05) is 0 Å². The smallest absolute Gasteiger partial charge is 0.338 e. The van der Waals surface area contributed by atoms with Crippen LogP contribution in [0.2, 0.25) is 0 Å². The summed E-state index contributed by atoms with van der Waals surface area (Å²) in [5, 5.41) is 8.55. The van der Waals surface area contributed by atoms with Crippen molar-refractivity contribution in [1.29, 1.82) is 0 Å². The lowest BCUT2D eigenvalue weighted by Crippen LogP contribution is -1.96. The highest BCUT2D eigenvalue weighted by atomic mass is 32.1.